The molecular weight excluding hydrogens is 402 g/mol. The Morgan fingerprint density at radius 2 is 1.93 bits per heavy atom. The smallest absolute Gasteiger partial charge is 0.289 e. The van der Waals surface area contributed by atoms with Gasteiger partial charge in [0.05, 0.1) is 15.5 Å². The van der Waals surface area contributed by atoms with E-state index in [2.05, 4.69) is 10.3 Å². The van der Waals surface area contributed by atoms with Crippen molar-refractivity contribution in [2.24, 2.45) is 4.99 Å². The maximum Gasteiger partial charge on any atom is 0.289 e. The van der Waals surface area contributed by atoms with Crippen molar-refractivity contribution in [3.8, 4) is 11.3 Å². The van der Waals surface area contributed by atoms with Crippen LogP contribution in [0.3, 0.4) is 0 Å². The topological polar surface area (TPSA) is 97.7 Å². The van der Waals surface area contributed by atoms with Gasteiger partial charge in [0, 0.05) is 17.7 Å². The van der Waals surface area contributed by atoms with Gasteiger partial charge in [0.1, 0.15) is 17.4 Å². The molecule has 1 N–H and O–H groups in total. The highest BCUT2D eigenvalue weighted by molar-refractivity contribution is 8.18. The Bertz CT molecular complexity index is 1230. The van der Waals surface area contributed by atoms with E-state index in [0.717, 1.165) is 23.0 Å². The summed E-state index contributed by atoms with van der Waals surface area (Å²) in [6.45, 7) is 4.04. The lowest BCUT2D eigenvalue weighted by Crippen LogP contribution is -2.18. The highest BCUT2D eigenvalue weighted by Crippen LogP contribution is 2.31. The lowest BCUT2D eigenvalue weighted by atomic mass is 10.1. The number of carbonyl (C=O) groups is 1. The summed E-state index contributed by atoms with van der Waals surface area (Å²) >= 11 is 1.04. The molecule has 1 aliphatic rings. The third kappa shape index (κ3) is 4.18. The summed E-state index contributed by atoms with van der Waals surface area (Å²) < 4.78 is 5.83. The number of amides is 1. The molecule has 0 unspecified atom stereocenters. The van der Waals surface area contributed by atoms with Crippen molar-refractivity contribution in [1.82, 2.24) is 5.32 Å². The van der Waals surface area contributed by atoms with Gasteiger partial charge in [-0.2, -0.15) is 0 Å². The van der Waals surface area contributed by atoms with Crippen LogP contribution >= 0.6 is 11.8 Å². The number of hydrogen-bond donors (Lipinski definition) is 1. The second-order valence-corrected chi connectivity index (χ2v) is 7.78. The van der Waals surface area contributed by atoms with Crippen LogP contribution in [0.2, 0.25) is 0 Å². The zero-order valence-electron chi connectivity index (χ0n) is 16.2. The number of aliphatic imine (C=N–C) groups is 1. The van der Waals surface area contributed by atoms with E-state index in [4.69, 9.17) is 4.42 Å². The first-order valence-corrected chi connectivity index (χ1v) is 9.92. The van der Waals surface area contributed by atoms with E-state index >= 15 is 0 Å². The lowest BCUT2D eigenvalue weighted by molar-refractivity contribution is -0.384. The van der Waals surface area contributed by atoms with Gasteiger partial charge in [0.15, 0.2) is 0 Å². The number of nitrogens with zero attached hydrogens (tertiary/aromatic N) is 2. The van der Waals surface area contributed by atoms with E-state index < -0.39 is 4.92 Å². The number of carbonyl (C=O) groups excluding carboxylic acids is 1. The fourth-order valence-electron chi connectivity index (χ4n) is 2.92. The number of benzene rings is 2. The zero-order chi connectivity index (χ0) is 21.3. The molecule has 150 valence electrons. The van der Waals surface area contributed by atoms with Crippen molar-refractivity contribution in [2.75, 3.05) is 0 Å². The summed E-state index contributed by atoms with van der Waals surface area (Å²) in [7, 11) is 0. The maximum absolute atomic E-state index is 11.9. The van der Waals surface area contributed by atoms with Crippen molar-refractivity contribution in [3.05, 3.63) is 86.5 Å². The van der Waals surface area contributed by atoms with Crippen molar-refractivity contribution in [1.29, 1.82) is 0 Å². The molecule has 1 aliphatic heterocycles. The molecule has 8 heteroatoms. The Morgan fingerprint density at radius 1 is 1.10 bits per heavy atom. The normalized spacial score (nSPS) is 16.3. The summed E-state index contributed by atoms with van der Waals surface area (Å²) in [6.07, 6.45) is 1.73. The molecule has 0 spiro atoms. The number of furan rings is 1. The number of aryl methyl sites for hydroxylation is 2. The van der Waals surface area contributed by atoms with Crippen molar-refractivity contribution >= 4 is 40.3 Å². The first-order chi connectivity index (χ1) is 14.4. The summed E-state index contributed by atoms with van der Waals surface area (Å²) in [6, 6.07) is 15.6. The largest absolute Gasteiger partial charge is 0.457 e. The zero-order valence-corrected chi connectivity index (χ0v) is 17.0. The van der Waals surface area contributed by atoms with E-state index in [0.29, 0.717) is 27.8 Å². The molecule has 2 aromatic carbocycles. The molecule has 1 saturated heterocycles. The number of hydrogen-bond acceptors (Lipinski definition) is 6. The standard InChI is InChI=1S/C22H17N3O4S/c1-13-6-7-16(10-14(13)2)23-21-20(30-22(26)24-21)12-18-8-9-19(29-18)15-4-3-5-17(11-15)25(27)28/h3-12H,1-2H3,(H,23,24,26). The molecule has 0 atom stereocenters. The molecule has 0 saturated carbocycles. The molecule has 30 heavy (non-hydrogen) atoms. The number of amidine groups is 1. The quantitative estimate of drug-likeness (QED) is 0.413. The number of non-ortho nitro benzene ring substituents is 1. The Labute approximate surface area is 176 Å². The van der Waals surface area contributed by atoms with Crippen LogP contribution < -0.4 is 5.32 Å². The summed E-state index contributed by atoms with van der Waals surface area (Å²) in [4.78, 5) is 27.7. The Morgan fingerprint density at radius 3 is 2.70 bits per heavy atom. The minimum atomic E-state index is -0.447. The fourth-order valence-corrected chi connectivity index (χ4v) is 3.64. The van der Waals surface area contributed by atoms with Crippen LogP contribution in [-0.2, 0) is 0 Å². The summed E-state index contributed by atoms with van der Waals surface area (Å²) in [5.41, 5.74) is 3.63. The molecule has 1 amide bonds. The summed E-state index contributed by atoms with van der Waals surface area (Å²) in [5.74, 6) is 1.48. The van der Waals surface area contributed by atoms with Crippen molar-refractivity contribution < 1.29 is 14.1 Å². The molecule has 3 aromatic rings. The van der Waals surface area contributed by atoms with E-state index in [-0.39, 0.29) is 10.9 Å². The average molecular weight is 419 g/mol. The van der Waals surface area contributed by atoms with Gasteiger partial charge in [-0.25, -0.2) is 4.99 Å². The number of rotatable bonds is 4. The van der Waals surface area contributed by atoms with Crippen LogP contribution in [-0.4, -0.2) is 16.0 Å². The number of nitro groups is 1. The first kappa shape index (κ1) is 19.7. The Hall–Kier alpha value is -3.65. The van der Waals surface area contributed by atoms with Crippen LogP contribution in [0.25, 0.3) is 17.4 Å². The lowest BCUT2D eigenvalue weighted by Gasteiger charge is -2.03. The third-order valence-corrected chi connectivity index (χ3v) is 5.45. The Balaban J connectivity index is 1.64. The highest BCUT2D eigenvalue weighted by Gasteiger charge is 2.24. The number of thioether (sulfide) groups is 1. The molecule has 0 aliphatic carbocycles. The van der Waals surface area contributed by atoms with Crippen molar-refractivity contribution in [2.45, 2.75) is 13.8 Å². The SMILES string of the molecule is Cc1ccc(N=C2NC(=O)SC2=Cc2ccc(-c3cccc([N+](=O)[O-])c3)o2)cc1C. The minimum Gasteiger partial charge on any atom is -0.457 e. The third-order valence-electron chi connectivity index (χ3n) is 4.63. The van der Waals surface area contributed by atoms with Crippen LogP contribution in [0.15, 0.2) is 68.9 Å². The second-order valence-electron chi connectivity index (χ2n) is 6.76. The predicted molar refractivity (Wildman–Crippen MR) is 118 cm³/mol. The molecule has 4 rings (SSSR count). The van der Waals surface area contributed by atoms with Gasteiger partial charge in [-0.05, 0) is 67.1 Å². The first-order valence-electron chi connectivity index (χ1n) is 9.10. The van der Waals surface area contributed by atoms with Gasteiger partial charge in [-0.3, -0.25) is 14.9 Å². The Kier molecular flexibility index (Phi) is 5.24. The number of nitrogens with one attached hydrogen (secondary N) is 1. The fraction of sp³-hybridized carbons (Fsp3) is 0.0909. The minimum absolute atomic E-state index is 0.00670. The van der Waals surface area contributed by atoms with Crippen LogP contribution in [0, 0.1) is 24.0 Å². The monoisotopic (exact) mass is 419 g/mol. The van der Waals surface area contributed by atoms with E-state index in [9.17, 15) is 14.9 Å². The second kappa shape index (κ2) is 8.00. The number of nitro benzene ring substituents is 1. The van der Waals surface area contributed by atoms with Crippen LogP contribution in [0.5, 0.6) is 0 Å². The molecular formula is C22H17N3O4S. The van der Waals surface area contributed by atoms with Gasteiger partial charge in [-0.15, -0.1) is 0 Å². The molecule has 7 nitrogen and oxygen atoms in total. The van der Waals surface area contributed by atoms with Gasteiger partial charge in [0.25, 0.3) is 10.9 Å². The van der Waals surface area contributed by atoms with Gasteiger partial charge < -0.3 is 9.73 Å². The van der Waals surface area contributed by atoms with E-state index in [1.54, 1.807) is 30.3 Å². The van der Waals surface area contributed by atoms with Gasteiger partial charge >= 0.3 is 0 Å². The van der Waals surface area contributed by atoms with Crippen LogP contribution in [0.1, 0.15) is 16.9 Å². The van der Waals surface area contributed by atoms with Gasteiger partial charge in [-0.1, -0.05) is 18.2 Å². The van der Waals surface area contributed by atoms with E-state index in [1.807, 2.05) is 32.0 Å². The van der Waals surface area contributed by atoms with Crippen LogP contribution in [0.4, 0.5) is 16.2 Å². The highest BCUT2D eigenvalue weighted by atomic mass is 32.2. The van der Waals surface area contributed by atoms with Gasteiger partial charge in [0.2, 0.25) is 0 Å². The van der Waals surface area contributed by atoms with Crippen molar-refractivity contribution in [3.63, 3.8) is 0 Å². The molecule has 1 aromatic heterocycles. The summed E-state index contributed by atoms with van der Waals surface area (Å²) in [5, 5.41) is 13.5. The molecule has 1 fully saturated rings. The molecule has 2 heterocycles. The maximum atomic E-state index is 11.9. The van der Waals surface area contributed by atoms with E-state index in [1.165, 1.54) is 17.7 Å². The molecule has 0 bridgehead atoms. The average Bonchev–Trinajstić information content (AvgIpc) is 3.31. The molecule has 0 radical (unpaired) electrons. The predicted octanol–water partition coefficient (Wildman–Crippen LogP) is 6.00.